The van der Waals surface area contributed by atoms with E-state index in [9.17, 15) is 4.79 Å². The van der Waals surface area contributed by atoms with Gasteiger partial charge in [0.2, 0.25) is 0 Å². The number of amides is 1. The maximum atomic E-state index is 13.0. The van der Waals surface area contributed by atoms with Gasteiger partial charge in [0.05, 0.1) is 0 Å². The molecule has 2 fully saturated rings. The van der Waals surface area contributed by atoms with Gasteiger partial charge in [-0.3, -0.25) is 4.79 Å². The summed E-state index contributed by atoms with van der Waals surface area (Å²) >= 11 is 0. The van der Waals surface area contributed by atoms with Crippen molar-refractivity contribution in [3.05, 3.63) is 29.3 Å². The monoisotopic (exact) mass is 286 g/mol. The fraction of sp³-hybridized carbons (Fsp3) is 0.611. The zero-order valence-electron chi connectivity index (χ0n) is 13.1. The quantitative estimate of drug-likeness (QED) is 0.801. The summed E-state index contributed by atoms with van der Waals surface area (Å²) in [6.45, 7) is 5.25. The first-order valence-corrected chi connectivity index (χ1v) is 8.25. The number of carbonyl (C=O) groups is 1. The number of nitrogen functional groups attached to an aromatic ring is 1. The van der Waals surface area contributed by atoms with Crippen LogP contribution in [-0.2, 0) is 0 Å². The van der Waals surface area contributed by atoms with Gasteiger partial charge in [0, 0.05) is 23.8 Å². The molecule has 3 atom stereocenters. The highest BCUT2D eigenvalue weighted by Gasteiger charge is 2.39. The standard InChI is InChI=1S/C18H26N2O/c1-12-7-8-14(19)11-16(12)18(21)20-10-9-13(2)15-5-3-4-6-17(15)20/h7-8,11,13,15,17H,3-6,9-10,19H2,1-2H3. The fourth-order valence-corrected chi connectivity index (χ4v) is 4.19. The molecule has 114 valence electrons. The first kappa shape index (κ1) is 14.4. The maximum Gasteiger partial charge on any atom is 0.254 e. The van der Waals surface area contributed by atoms with Gasteiger partial charge in [-0.2, -0.15) is 0 Å². The lowest BCUT2D eigenvalue weighted by atomic mass is 9.72. The number of benzene rings is 1. The first-order valence-electron chi connectivity index (χ1n) is 8.25. The number of rotatable bonds is 1. The van der Waals surface area contributed by atoms with Gasteiger partial charge >= 0.3 is 0 Å². The molecule has 1 saturated heterocycles. The Morgan fingerprint density at radius 1 is 1.24 bits per heavy atom. The number of carbonyl (C=O) groups excluding carboxylic acids is 1. The second kappa shape index (κ2) is 5.70. The summed E-state index contributed by atoms with van der Waals surface area (Å²) in [7, 11) is 0. The zero-order chi connectivity index (χ0) is 15.0. The van der Waals surface area contributed by atoms with Crippen molar-refractivity contribution in [3.63, 3.8) is 0 Å². The Morgan fingerprint density at radius 2 is 2.00 bits per heavy atom. The van der Waals surface area contributed by atoms with Crippen LogP contribution in [0.4, 0.5) is 5.69 Å². The number of piperidine rings is 1. The van der Waals surface area contributed by atoms with E-state index in [2.05, 4.69) is 11.8 Å². The van der Waals surface area contributed by atoms with Crippen LogP contribution in [0.15, 0.2) is 18.2 Å². The third kappa shape index (κ3) is 2.66. The molecule has 21 heavy (non-hydrogen) atoms. The summed E-state index contributed by atoms with van der Waals surface area (Å²) < 4.78 is 0. The van der Waals surface area contributed by atoms with E-state index in [4.69, 9.17) is 5.73 Å². The predicted molar refractivity (Wildman–Crippen MR) is 86.2 cm³/mol. The second-order valence-corrected chi connectivity index (χ2v) is 6.85. The number of likely N-dealkylation sites (tertiary alicyclic amines) is 1. The van der Waals surface area contributed by atoms with E-state index >= 15 is 0 Å². The Morgan fingerprint density at radius 3 is 2.81 bits per heavy atom. The van der Waals surface area contributed by atoms with Gasteiger partial charge in [-0.15, -0.1) is 0 Å². The van der Waals surface area contributed by atoms with Crippen LogP contribution in [0.1, 0.15) is 54.9 Å². The second-order valence-electron chi connectivity index (χ2n) is 6.85. The lowest BCUT2D eigenvalue weighted by Crippen LogP contribution is -2.52. The molecule has 0 spiro atoms. The van der Waals surface area contributed by atoms with Gasteiger partial charge in [0.1, 0.15) is 0 Å². The van der Waals surface area contributed by atoms with Gasteiger partial charge in [-0.05, 0) is 55.7 Å². The Hall–Kier alpha value is -1.51. The van der Waals surface area contributed by atoms with Crippen molar-refractivity contribution < 1.29 is 4.79 Å². The highest BCUT2D eigenvalue weighted by Crippen LogP contribution is 2.39. The Kier molecular flexibility index (Phi) is 3.92. The summed E-state index contributed by atoms with van der Waals surface area (Å²) in [4.78, 5) is 15.1. The van der Waals surface area contributed by atoms with Gasteiger partial charge < -0.3 is 10.6 Å². The number of fused-ring (bicyclic) bond motifs is 1. The van der Waals surface area contributed by atoms with Crippen LogP contribution in [0.2, 0.25) is 0 Å². The Labute approximate surface area is 127 Å². The number of hydrogen-bond donors (Lipinski definition) is 1. The molecule has 3 heteroatoms. The van der Waals surface area contributed by atoms with Crippen LogP contribution in [0, 0.1) is 18.8 Å². The van der Waals surface area contributed by atoms with Crippen molar-refractivity contribution in [2.24, 2.45) is 11.8 Å². The smallest absolute Gasteiger partial charge is 0.254 e. The molecule has 1 aliphatic heterocycles. The first-order chi connectivity index (χ1) is 10.1. The Bertz CT molecular complexity index is 540. The van der Waals surface area contributed by atoms with Crippen LogP contribution in [-0.4, -0.2) is 23.4 Å². The number of hydrogen-bond acceptors (Lipinski definition) is 2. The third-order valence-corrected chi connectivity index (χ3v) is 5.49. The lowest BCUT2D eigenvalue weighted by Gasteiger charge is -2.47. The highest BCUT2D eigenvalue weighted by atomic mass is 16.2. The number of aryl methyl sites for hydroxylation is 1. The average molecular weight is 286 g/mol. The zero-order valence-corrected chi connectivity index (χ0v) is 13.1. The molecular weight excluding hydrogens is 260 g/mol. The van der Waals surface area contributed by atoms with E-state index in [0.29, 0.717) is 17.6 Å². The normalized spacial score (nSPS) is 29.0. The minimum atomic E-state index is 0.184. The van der Waals surface area contributed by atoms with E-state index in [-0.39, 0.29) is 5.91 Å². The van der Waals surface area contributed by atoms with Crippen LogP contribution in [0.3, 0.4) is 0 Å². The molecule has 1 aliphatic carbocycles. The van der Waals surface area contributed by atoms with Gasteiger partial charge in [0.25, 0.3) is 5.91 Å². The third-order valence-electron chi connectivity index (χ3n) is 5.49. The molecule has 0 bridgehead atoms. The maximum absolute atomic E-state index is 13.0. The van der Waals surface area contributed by atoms with E-state index in [1.165, 1.54) is 25.7 Å². The van der Waals surface area contributed by atoms with Gasteiger partial charge in [0.15, 0.2) is 0 Å². The molecule has 1 saturated carbocycles. The summed E-state index contributed by atoms with van der Waals surface area (Å²) in [5.41, 5.74) is 8.37. The Balaban J connectivity index is 1.88. The van der Waals surface area contributed by atoms with E-state index in [1.807, 2.05) is 25.1 Å². The lowest BCUT2D eigenvalue weighted by molar-refractivity contribution is 0.0217. The molecule has 1 heterocycles. The fourth-order valence-electron chi connectivity index (χ4n) is 4.19. The van der Waals surface area contributed by atoms with E-state index < -0.39 is 0 Å². The summed E-state index contributed by atoms with van der Waals surface area (Å²) in [5.74, 6) is 1.63. The largest absolute Gasteiger partial charge is 0.399 e. The van der Waals surface area contributed by atoms with E-state index in [1.54, 1.807) is 0 Å². The predicted octanol–water partition coefficient (Wildman–Crippen LogP) is 3.62. The molecular formula is C18H26N2O. The van der Waals surface area contributed by atoms with Gasteiger partial charge in [-0.1, -0.05) is 25.8 Å². The van der Waals surface area contributed by atoms with Crippen LogP contribution in [0.25, 0.3) is 0 Å². The molecule has 3 rings (SSSR count). The topological polar surface area (TPSA) is 46.3 Å². The summed E-state index contributed by atoms with van der Waals surface area (Å²) in [6, 6.07) is 6.10. The molecule has 3 unspecified atom stereocenters. The molecule has 0 radical (unpaired) electrons. The molecule has 1 amide bonds. The molecule has 3 nitrogen and oxygen atoms in total. The van der Waals surface area contributed by atoms with Crippen molar-refractivity contribution >= 4 is 11.6 Å². The molecule has 1 aromatic carbocycles. The highest BCUT2D eigenvalue weighted by molar-refractivity contribution is 5.96. The van der Waals surface area contributed by atoms with Crippen LogP contribution in [0.5, 0.6) is 0 Å². The van der Waals surface area contributed by atoms with Crippen molar-refractivity contribution in [3.8, 4) is 0 Å². The SMILES string of the molecule is Cc1ccc(N)cc1C(=O)N1CCC(C)C2CCCCC21. The minimum absolute atomic E-state index is 0.184. The molecule has 0 aromatic heterocycles. The summed E-state index contributed by atoms with van der Waals surface area (Å²) in [5, 5.41) is 0. The van der Waals surface area contributed by atoms with E-state index in [0.717, 1.165) is 30.0 Å². The van der Waals surface area contributed by atoms with Crippen molar-refractivity contribution in [2.45, 2.75) is 52.0 Å². The molecule has 1 aromatic rings. The molecule has 2 aliphatic rings. The number of nitrogens with zero attached hydrogens (tertiary/aromatic N) is 1. The van der Waals surface area contributed by atoms with Crippen LogP contribution < -0.4 is 5.73 Å². The molecule has 2 N–H and O–H groups in total. The van der Waals surface area contributed by atoms with Crippen LogP contribution >= 0.6 is 0 Å². The van der Waals surface area contributed by atoms with Gasteiger partial charge in [-0.25, -0.2) is 0 Å². The van der Waals surface area contributed by atoms with Crippen molar-refractivity contribution in [2.75, 3.05) is 12.3 Å². The average Bonchev–Trinajstić information content (AvgIpc) is 2.50. The van der Waals surface area contributed by atoms with Crippen molar-refractivity contribution in [1.29, 1.82) is 0 Å². The number of anilines is 1. The van der Waals surface area contributed by atoms with Crippen molar-refractivity contribution in [1.82, 2.24) is 4.90 Å². The summed E-state index contributed by atoms with van der Waals surface area (Å²) in [6.07, 6.45) is 6.17. The number of nitrogens with two attached hydrogens (primary N) is 1. The minimum Gasteiger partial charge on any atom is -0.399 e.